The highest BCUT2D eigenvalue weighted by Gasteiger charge is 2.29. The second-order valence-corrected chi connectivity index (χ2v) is 6.39. The fourth-order valence-electron chi connectivity index (χ4n) is 3.17. The van der Waals surface area contributed by atoms with Gasteiger partial charge in [-0.2, -0.15) is 14.6 Å². The minimum atomic E-state index is -0.512. The molecule has 1 aromatic carbocycles. The number of hydrogen-bond donors (Lipinski definition) is 0. The third-order valence-corrected chi connectivity index (χ3v) is 4.44. The molecule has 1 atom stereocenters. The van der Waals surface area contributed by atoms with Gasteiger partial charge < -0.3 is 9.64 Å². The van der Waals surface area contributed by atoms with Crippen LogP contribution in [0, 0.1) is 19.7 Å². The van der Waals surface area contributed by atoms with E-state index in [0.717, 1.165) is 17.0 Å². The van der Waals surface area contributed by atoms with Crippen LogP contribution in [0.25, 0.3) is 5.78 Å². The van der Waals surface area contributed by atoms with Crippen molar-refractivity contribution in [2.24, 2.45) is 0 Å². The van der Waals surface area contributed by atoms with Crippen LogP contribution in [0.1, 0.15) is 33.4 Å². The molecule has 4 rings (SSSR count). The van der Waals surface area contributed by atoms with Gasteiger partial charge in [0.25, 0.3) is 11.7 Å². The molecule has 26 heavy (non-hydrogen) atoms. The molecule has 1 aliphatic rings. The van der Waals surface area contributed by atoms with Crippen molar-refractivity contribution in [1.82, 2.24) is 24.5 Å². The maximum atomic E-state index is 14.1. The minimum Gasteiger partial charge on any atom is -0.368 e. The lowest BCUT2D eigenvalue weighted by atomic mass is 10.1. The van der Waals surface area contributed by atoms with Crippen LogP contribution in [0.2, 0.25) is 0 Å². The summed E-state index contributed by atoms with van der Waals surface area (Å²) in [4.78, 5) is 22.9. The number of ether oxygens (including phenoxy) is 1. The maximum absolute atomic E-state index is 14.1. The largest absolute Gasteiger partial charge is 0.368 e. The number of aryl methyl sites for hydroxylation is 2. The first-order valence-corrected chi connectivity index (χ1v) is 8.37. The SMILES string of the molecule is Cc1ccc(F)c(C(=O)N2CCOC(c3cc(C)nc4ncnn34)C2)c1. The van der Waals surface area contributed by atoms with Crippen molar-refractivity contribution in [3.8, 4) is 0 Å². The Balaban J connectivity index is 1.64. The molecular formula is C18H18FN5O2. The van der Waals surface area contributed by atoms with Gasteiger partial charge in [0, 0.05) is 12.2 Å². The number of aromatic nitrogens is 4. The summed E-state index contributed by atoms with van der Waals surface area (Å²) < 4.78 is 21.6. The van der Waals surface area contributed by atoms with E-state index in [1.54, 1.807) is 21.5 Å². The molecular weight excluding hydrogens is 337 g/mol. The van der Waals surface area contributed by atoms with Gasteiger partial charge in [-0.3, -0.25) is 4.79 Å². The average Bonchev–Trinajstić information content (AvgIpc) is 3.11. The Bertz CT molecular complexity index is 987. The smallest absolute Gasteiger partial charge is 0.257 e. The van der Waals surface area contributed by atoms with E-state index in [4.69, 9.17) is 4.74 Å². The van der Waals surface area contributed by atoms with E-state index in [-0.39, 0.29) is 17.6 Å². The number of fused-ring (bicyclic) bond motifs is 1. The van der Waals surface area contributed by atoms with Gasteiger partial charge in [0.2, 0.25) is 0 Å². The topological polar surface area (TPSA) is 72.6 Å². The lowest BCUT2D eigenvalue weighted by Gasteiger charge is -2.33. The molecule has 0 radical (unpaired) electrons. The number of carbonyl (C=O) groups excluding carboxylic acids is 1. The minimum absolute atomic E-state index is 0.0856. The van der Waals surface area contributed by atoms with E-state index < -0.39 is 5.82 Å². The first-order chi connectivity index (χ1) is 12.5. The molecule has 134 valence electrons. The number of halogens is 1. The zero-order valence-electron chi connectivity index (χ0n) is 14.5. The molecule has 1 fully saturated rings. The van der Waals surface area contributed by atoms with E-state index in [1.165, 1.54) is 12.4 Å². The summed E-state index contributed by atoms with van der Waals surface area (Å²) in [5.74, 6) is -0.362. The van der Waals surface area contributed by atoms with Crippen LogP contribution < -0.4 is 0 Å². The van der Waals surface area contributed by atoms with E-state index >= 15 is 0 Å². The van der Waals surface area contributed by atoms with Crippen LogP contribution in [0.3, 0.4) is 0 Å². The highest BCUT2D eigenvalue weighted by molar-refractivity contribution is 5.94. The van der Waals surface area contributed by atoms with Crippen molar-refractivity contribution in [3.63, 3.8) is 0 Å². The number of hydrogen-bond acceptors (Lipinski definition) is 5. The molecule has 1 saturated heterocycles. The Morgan fingerprint density at radius 1 is 1.31 bits per heavy atom. The van der Waals surface area contributed by atoms with Gasteiger partial charge in [-0.25, -0.2) is 9.37 Å². The van der Waals surface area contributed by atoms with Gasteiger partial charge in [0.05, 0.1) is 24.4 Å². The van der Waals surface area contributed by atoms with Crippen molar-refractivity contribution in [2.45, 2.75) is 20.0 Å². The quantitative estimate of drug-likeness (QED) is 0.704. The van der Waals surface area contributed by atoms with Gasteiger partial charge >= 0.3 is 0 Å². The first kappa shape index (κ1) is 16.6. The number of carbonyl (C=O) groups is 1. The van der Waals surface area contributed by atoms with Gasteiger partial charge in [-0.1, -0.05) is 11.6 Å². The molecule has 8 heteroatoms. The molecule has 7 nitrogen and oxygen atoms in total. The maximum Gasteiger partial charge on any atom is 0.257 e. The van der Waals surface area contributed by atoms with Crippen molar-refractivity contribution < 1.29 is 13.9 Å². The Morgan fingerprint density at radius 3 is 3.00 bits per heavy atom. The van der Waals surface area contributed by atoms with Crippen LogP contribution in [0.5, 0.6) is 0 Å². The molecule has 2 aromatic heterocycles. The zero-order chi connectivity index (χ0) is 18.3. The molecule has 0 aliphatic carbocycles. The summed E-state index contributed by atoms with van der Waals surface area (Å²) >= 11 is 0. The monoisotopic (exact) mass is 355 g/mol. The molecule has 0 saturated carbocycles. The van der Waals surface area contributed by atoms with E-state index in [0.29, 0.717) is 25.5 Å². The summed E-state index contributed by atoms with van der Waals surface area (Å²) in [6.45, 7) is 4.78. The van der Waals surface area contributed by atoms with Gasteiger partial charge in [0.1, 0.15) is 18.2 Å². The van der Waals surface area contributed by atoms with Crippen molar-refractivity contribution in [1.29, 1.82) is 0 Å². The number of nitrogens with zero attached hydrogens (tertiary/aromatic N) is 5. The fraction of sp³-hybridized carbons (Fsp3) is 0.333. The number of rotatable bonds is 2. The molecule has 0 N–H and O–H groups in total. The third-order valence-electron chi connectivity index (χ3n) is 4.44. The summed E-state index contributed by atoms with van der Waals surface area (Å²) in [6, 6.07) is 6.42. The second-order valence-electron chi connectivity index (χ2n) is 6.39. The lowest BCUT2D eigenvalue weighted by Crippen LogP contribution is -2.43. The molecule has 3 heterocycles. The second kappa shape index (κ2) is 6.45. The van der Waals surface area contributed by atoms with E-state index in [1.807, 2.05) is 19.9 Å². The summed E-state index contributed by atoms with van der Waals surface area (Å²) in [7, 11) is 0. The van der Waals surface area contributed by atoms with Gasteiger partial charge in [-0.15, -0.1) is 0 Å². The average molecular weight is 355 g/mol. The van der Waals surface area contributed by atoms with Gasteiger partial charge in [0.15, 0.2) is 0 Å². The lowest BCUT2D eigenvalue weighted by molar-refractivity contribution is -0.0258. The van der Waals surface area contributed by atoms with Crippen LogP contribution in [-0.2, 0) is 4.74 Å². The Morgan fingerprint density at radius 2 is 2.15 bits per heavy atom. The van der Waals surface area contributed by atoms with Crippen LogP contribution in [-0.4, -0.2) is 50.1 Å². The van der Waals surface area contributed by atoms with Crippen molar-refractivity contribution >= 4 is 11.7 Å². The van der Waals surface area contributed by atoms with Crippen LogP contribution >= 0.6 is 0 Å². The zero-order valence-corrected chi connectivity index (χ0v) is 14.5. The van der Waals surface area contributed by atoms with Crippen molar-refractivity contribution in [3.05, 3.63) is 58.9 Å². The summed E-state index contributed by atoms with van der Waals surface area (Å²) in [6.07, 6.45) is 1.05. The molecule has 1 aliphatic heterocycles. The Kier molecular flexibility index (Phi) is 4.12. The predicted molar refractivity (Wildman–Crippen MR) is 91.3 cm³/mol. The normalized spacial score (nSPS) is 17.7. The number of amides is 1. The van der Waals surface area contributed by atoms with E-state index in [9.17, 15) is 9.18 Å². The number of benzene rings is 1. The molecule has 0 spiro atoms. The molecule has 1 amide bonds. The highest BCUT2D eigenvalue weighted by atomic mass is 19.1. The molecule has 0 bridgehead atoms. The first-order valence-electron chi connectivity index (χ1n) is 8.37. The van der Waals surface area contributed by atoms with E-state index in [2.05, 4.69) is 15.1 Å². The van der Waals surface area contributed by atoms with Gasteiger partial charge in [-0.05, 0) is 32.0 Å². The van der Waals surface area contributed by atoms with Crippen LogP contribution in [0.15, 0.2) is 30.6 Å². The Labute approximate surface area is 149 Å². The summed E-state index contributed by atoms with van der Waals surface area (Å²) in [5, 5.41) is 4.19. The van der Waals surface area contributed by atoms with Crippen molar-refractivity contribution in [2.75, 3.05) is 19.7 Å². The summed E-state index contributed by atoms with van der Waals surface area (Å²) in [5.41, 5.74) is 2.49. The fourth-order valence-corrected chi connectivity index (χ4v) is 3.17. The number of morpholine rings is 1. The standard InChI is InChI=1S/C18H18FN5O2/c1-11-3-4-14(19)13(7-11)17(25)23-5-6-26-16(9-23)15-8-12(2)22-18-20-10-21-24(15)18/h3-4,7-8,10,16H,5-6,9H2,1-2H3. The predicted octanol–water partition coefficient (Wildman–Crippen LogP) is 2.09. The third kappa shape index (κ3) is 2.92. The highest BCUT2D eigenvalue weighted by Crippen LogP contribution is 2.24. The van der Waals surface area contributed by atoms with Crippen LogP contribution in [0.4, 0.5) is 4.39 Å². The molecule has 3 aromatic rings. The molecule has 1 unspecified atom stereocenters. The Hall–Kier alpha value is -2.87.